The summed E-state index contributed by atoms with van der Waals surface area (Å²) >= 11 is 4.70. The maximum Gasteiger partial charge on any atom is 0.265 e. The number of aryl methyl sites for hydroxylation is 2. The highest BCUT2D eigenvalue weighted by Gasteiger charge is 2.22. The predicted octanol–water partition coefficient (Wildman–Crippen LogP) is 6.36. The van der Waals surface area contributed by atoms with Crippen LogP contribution in [0.5, 0.6) is 0 Å². The van der Waals surface area contributed by atoms with E-state index in [-0.39, 0.29) is 10.8 Å². The number of hydrogen-bond acceptors (Lipinski definition) is 4. The molecule has 5 nitrogen and oxygen atoms in total. The van der Waals surface area contributed by atoms with Crippen LogP contribution in [-0.2, 0) is 10.0 Å². The van der Waals surface area contributed by atoms with Crippen LogP contribution in [0, 0.1) is 13.8 Å². The minimum atomic E-state index is -3.70. The number of halogens is 1. The maximum absolute atomic E-state index is 13.0. The molecule has 0 atom stereocenters. The van der Waals surface area contributed by atoms with Crippen molar-refractivity contribution in [2.24, 2.45) is 0 Å². The molecule has 0 bridgehead atoms. The fourth-order valence-corrected chi connectivity index (χ4v) is 5.82. The molecule has 0 spiro atoms. The Kier molecular flexibility index (Phi) is 6.11. The average molecular weight is 529 g/mol. The topological polar surface area (TPSA) is 66.5 Å². The number of anilines is 2. The number of fused-ring (bicyclic) bond motifs is 1. The van der Waals surface area contributed by atoms with Crippen LogP contribution in [0.1, 0.15) is 20.8 Å². The highest BCUT2D eigenvalue weighted by Crippen LogP contribution is 2.32. The van der Waals surface area contributed by atoms with Crippen molar-refractivity contribution in [3.8, 4) is 0 Å². The molecule has 0 aliphatic carbocycles. The molecule has 4 aromatic rings. The van der Waals surface area contributed by atoms with E-state index < -0.39 is 10.0 Å². The van der Waals surface area contributed by atoms with E-state index in [1.54, 1.807) is 42.5 Å². The number of sulfonamides is 1. The van der Waals surface area contributed by atoms with E-state index in [0.29, 0.717) is 10.6 Å². The molecule has 0 radical (unpaired) electrons. The highest BCUT2D eigenvalue weighted by atomic mass is 79.9. The van der Waals surface area contributed by atoms with Crippen LogP contribution in [0.15, 0.2) is 76.1 Å². The van der Waals surface area contributed by atoms with Gasteiger partial charge >= 0.3 is 0 Å². The zero-order chi connectivity index (χ0) is 23.0. The zero-order valence-electron chi connectivity index (χ0n) is 17.7. The number of benzene rings is 3. The predicted molar refractivity (Wildman–Crippen MR) is 135 cm³/mol. The van der Waals surface area contributed by atoms with Gasteiger partial charge in [0.15, 0.2) is 0 Å². The van der Waals surface area contributed by atoms with Crippen LogP contribution in [0.25, 0.3) is 10.1 Å². The Labute approximate surface area is 199 Å². The molecule has 164 valence electrons. The van der Waals surface area contributed by atoms with Crippen molar-refractivity contribution >= 4 is 64.7 Å². The first-order valence-corrected chi connectivity index (χ1v) is 12.9. The summed E-state index contributed by atoms with van der Waals surface area (Å²) in [4.78, 5) is 13.6. The van der Waals surface area contributed by atoms with E-state index in [1.165, 1.54) is 22.7 Å². The number of hydrogen-bond donors (Lipinski definition) is 1. The van der Waals surface area contributed by atoms with Crippen molar-refractivity contribution in [3.63, 3.8) is 0 Å². The molecular formula is C24H21BrN2O3S2. The molecule has 0 fully saturated rings. The average Bonchev–Trinajstić information content (AvgIpc) is 3.19. The molecule has 0 saturated carbocycles. The van der Waals surface area contributed by atoms with E-state index in [2.05, 4.69) is 21.2 Å². The van der Waals surface area contributed by atoms with E-state index in [0.717, 1.165) is 31.4 Å². The lowest BCUT2D eigenvalue weighted by Crippen LogP contribution is -2.26. The Bertz CT molecular complexity index is 1410. The van der Waals surface area contributed by atoms with Gasteiger partial charge < -0.3 is 5.32 Å². The lowest BCUT2D eigenvalue weighted by Gasteiger charge is -2.19. The third kappa shape index (κ3) is 4.30. The molecule has 32 heavy (non-hydrogen) atoms. The van der Waals surface area contributed by atoms with Gasteiger partial charge in [0, 0.05) is 21.9 Å². The molecular weight excluding hydrogens is 508 g/mol. The van der Waals surface area contributed by atoms with Gasteiger partial charge in [-0.05, 0) is 78.9 Å². The smallest absolute Gasteiger partial charge is 0.265 e. The maximum atomic E-state index is 13.0. The van der Waals surface area contributed by atoms with Crippen LogP contribution in [-0.4, -0.2) is 21.4 Å². The summed E-state index contributed by atoms with van der Waals surface area (Å²) in [5.41, 5.74) is 3.35. The first-order chi connectivity index (χ1) is 15.2. The van der Waals surface area contributed by atoms with E-state index >= 15 is 0 Å². The second kappa shape index (κ2) is 8.69. The van der Waals surface area contributed by atoms with Gasteiger partial charge in [-0.3, -0.25) is 9.10 Å². The van der Waals surface area contributed by atoms with Gasteiger partial charge in [0.2, 0.25) is 0 Å². The summed E-state index contributed by atoms with van der Waals surface area (Å²) in [7, 11) is -2.17. The van der Waals surface area contributed by atoms with Crippen molar-refractivity contribution < 1.29 is 13.2 Å². The fraction of sp³-hybridized carbons (Fsp3) is 0.125. The quantitative estimate of drug-likeness (QED) is 0.327. The number of amides is 1. The van der Waals surface area contributed by atoms with Crippen molar-refractivity contribution in [2.45, 2.75) is 18.7 Å². The van der Waals surface area contributed by atoms with E-state index in [4.69, 9.17) is 0 Å². The molecule has 0 aliphatic rings. The lowest BCUT2D eigenvalue weighted by molar-refractivity contribution is 0.103. The van der Waals surface area contributed by atoms with E-state index in [1.807, 2.05) is 38.1 Å². The Morgan fingerprint density at radius 1 is 0.969 bits per heavy atom. The first-order valence-electron chi connectivity index (χ1n) is 9.82. The summed E-state index contributed by atoms with van der Waals surface area (Å²) in [6.45, 7) is 3.92. The molecule has 1 heterocycles. The largest absolute Gasteiger partial charge is 0.321 e. The number of nitrogens with zero attached hydrogens (tertiary/aromatic N) is 1. The van der Waals surface area contributed by atoms with Gasteiger partial charge in [0.25, 0.3) is 15.9 Å². The third-order valence-corrected chi connectivity index (χ3v) is 8.72. The zero-order valence-corrected chi connectivity index (χ0v) is 20.9. The normalized spacial score (nSPS) is 11.5. The number of thiophene rings is 1. The van der Waals surface area contributed by atoms with Crippen molar-refractivity contribution in [1.29, 1.82) is 0 Å². The lowest BCUT2D eigenvalue weighted by atomic mass is 10.1. The van der Waals surface area contributed by atoms with Gasteiger partial charge in [0.1, 0.15) is 0 Å². The molecule has 8 heteroatoms. The molecule has 0 saturated heterocycles. The van der Waals surface area contributed by atoms with Gasteiger partial charge in [-0.2, -0.15) is 0 Å². The molecule has 0 aliphatic heterocycles. The van der Waals surface area contributed by atoms with Crippen LogP contribution in [0.3, 0.4) is 0 Å². The molecule has 0 unspecified atom stereocenters. The van der Waals surface area contributed by atoms with Crippen LogP contribution in [0.4, 0.5) is 11.4 Å². The number of carbonyl (C=O) groups excluding carboxylic acids is 1. The summed E-state index contributed by atoms with van der Waals surface area (Å²) in [6, 6.07) is 19.6. The number of nitrogens with one attached hydrogen (secondary N) is 1. The third-order valence-electron chi connectivity index (χ3n) is 5.28. The number of para-hydroxylation sites is 1. The van der Waals surface area contributed by atoms with Crippen molar-refractivity contribution in [1.82, 2.24) is 0 Å². The Balaban J connectivity index is 1.63. The van der Waals surface area contributed by atoms with Crippen LogP contribution < -0.4 is 9.62 Å². The fourth-order valence-electron chi connectivity index (χ4n) is 3.43. The van der Waals surface area contributed by atoms with Gasteiger partial charge in [0.05, 0.1) is 15.5 Å². The summed E-state index contributed by atoms with van der Waals surface area (Å²) in [6.07, 6.45) is 0. The summed E-state index contributed by atoms with van der Waals surface area (Å²) in [5, 5.41) is 3.82. The monoisotopic (exact) mass is 528 g/mol. The van der Waals surface area contributed by atoms with Gasteiger partial charge in [-0.15, -0.1) is 11.3 Å². The van der Waals surface area contributed by atoms with Gasteiger partial charge in [-0.25, -0.2) is 8.42 Å². The highest BCUT2D eigenvalue weighted by molar-refractivity contribution is 9.10. The minimum absolute atomic E-state index is 0.180. The molecule has 1 aromatic heterocycles. The second-order valence-electron chi connectivity index (χ2n) is 7.48. The van der Waals surface area contributed by atoms with E-state index in [9.17, 15) is 13.2 Å². The number of carbonyl (C=O) groups is 1. The summed E-state index contributed by atoms with van der Waals surface area (Å²) < 4.78 is 29.0. The SMILES string of the molecule is Cc1cccc(C)c1NC(=O)c1cc2cc(N(C)S(=O)(=O)c3ccc(Br)cc3)ccc2s1. The Morgan fingerprint density at radius 2 is 1.62 bits per heavy atom. The standard InChI is InChI=1S/C24H21BrN2O3S2/c1-15-5-4-6-16(2)23(15)26-24(28)22-14-17-13-19(9-12-21(17)31-22)27(3)32(29,30)20-10-7-18(25)8-11-20/h4-14H,1-3H3,(H,26,28). The molecule has 1 amide bonds. The Hall–Kier alpha value is -2.68. The molecule has 4 rings (SSSR count). The van der Waals surface area contributed by atoms with Crippen LogP contribution >= 0.6 is 27.3 Å². The Morgan fingerprint density at radius 3 is 2.28 bits per heavy atom. The van der Waals surface area contributed by atoms with Crippen LogP contribution in [0.2, 0.25) is 0 Å². The minimum Gasteiger partial charge on any atom is -0.321 e. The molecule has 3 aromatic carbocycles. The molecule has 1 N–H and O–H groups in total. The van der Waals surface area contributed by atoms with Crippen molar-refractivity contribution in [2.75, 3.05) is 16.7 Å². The second-order valence-corrected chi connectivity index (χ2v) is 11.4. The summed E-state index contributed by atoms with van der Waals surface area (Å²) in [5.74, 6) is -0.180. The number of rotatable bonds is 5. The van der Waals surface area contributed by atoms with Gasteiger partial charge in [-0.1, -0.05) is 34.1 Å². The van der Waals surface area contributed by atoms with Crippen molar-refractivity contribution in [3.05, 3.63) is 87.2 Å². The first kappa shape index (κ1) is 22.5.